The normalized spacial score (nSPS) is 13.8. The SMILES string of the molecule is O=c1[nH]ncc(NC(CO)CC(F)Cn2ccc3cc(-c4ncc(C(F)(F)F)cn4)c(F)cc3c2=O)c1C(F)(F)F. The highest BCUT2D eigenvalue weighted by molar-refractivity contribution is 5.86. The molecule has 3 aromatic heterocycles. The first-order valence-corrected chi connectivity index (χ1v) is 11.6. The van der Waals surface area contributed by atoms with Crippen LogP contribution in [-0.2, 0) is 18.9 Å². The molecule has 9 nitrogen and oxygen atoms in total. The van der Waals surface area contributed by atoms with Gasteiger partial charge < -0.3 is 15.0 Å². The fourth-order valence-corrected chi connectivity index (χ4v) is 4.02. The average Bonchev–Trinajstić information content (AvgIpc) is 2.89. The minimum atomic E-state index is -5.07. The molecule has 1 aromatic carbocycles. The Morgan fingerprint density at radius 1 is 1.02 bits per heavy atom. The standard InChI is InChI=1S/C24H18F8N6O3/c25-13(4-14(10-39)36-18-8-35-37-21(40)19(18)24(30,31)32)9-38-2-1-11-3-16(17(26)5-15(11)22(38)41)20-33-6-12(7-34-20)23(27,28)29/h1-3,5-8,13-14,39H,4,9-10H2,(H2,36,37,40). The Kier molecular flexibility index (Phi) is 8.10. The first-order chi connectivity index (χ1) is 19.2. The molecule has 17 heteroatoms. The summed E-state index contributed by atoms with van der Waals surface area (Å²) in [5, 5.41) is 16.7. The number of aliphatic hydroxyl groups excluding tert-OH is 1. The lowest BCUT2D eigenvalue weighted by atomic mass is 10.1. The Morgan fingerprint density at radius 3 is 2.32 bits per heavy atom. The van der Waals surface area contributed by atoms with E-state index in [0.29, 0.717) is 18.6 Å². The zero-order chi connectivity index (χ0) is 30.1. The molecule has 0 spiro atoms. The van der Waals surface area contributed by atoms with E-state index < -0.39 is 77.9 Å². The Bertz CT molecular complexity index is 1670. The second kappa shape index (κ2) is 11.2. The Hall–Kier alpha value is -4.41. The molecule has 0 amide bonds. The summed E-state index contributed by atoms with van der Waals surface area (Å²) in [7, 11) is 0. The van der Waals surface area contributed by atoms with Crippen molar-refractivity contribution in [2.45, 2.75) is 37.5 Å². The second-order valence-corrected chi connectivity index (χ2v) is 8.83. The first-order valence-electron chi connectivity index (χ1n) is 11.6. The van der Waals surface area contributed by atoms with Crippen LogP contribution in [0.3, 0.4) is 0 Å². The van der Waals surface area contributed by atoms with Crippen LogP contribution in [0.2, 0.25) is 0 Å². The van der Waals surface area contributed by atoms with Crippen LogP contribution >= 0.6 is 0 Å². The van der Waals surface area contributed by atoms with Gasteiger partial charge in [0.2, 0.25) is 0 Å². The van der Waals surface area contributed by atoms with Gasteiger partial charge >= 0.3 is 12.4 Å². The molecule has 3 heterocycles. The van der Waals surface area contributed by atoms with Crippen LogP contribution in [0.1, 0.15) is 17.5 Å². The molecule has 4 rings (SSSR count). The van der Waals surface area contributed by atoms with Gasteiger partial charge in [0.1, 0.15) is 17.6 Å². The Balaban J connectivity index is 1.54. The molecule has 0 fully saturated rings. The minimum Gasteiger partial charge on any atom is -0.394 e. The third-order valence-electron chi connectivity index (χ3n) is 5.94. The maximum Gasteiger partial charge on any atom is 0.423 e. The molecular formula is C24H18F8N6O3. The molecule has 4 aromatic rings. The third-order valence-corrected chi connectivity index (χ3v) is 5.94. The summed E-state index contributed by atoms with van der Waals surface area (Å²) in [5.41, 5.74) is -6.20. The largest absolute Gasteiger partial charge is 0.423 e. The van der Waals surface area contributed by atoms with E-state index in [2.05, 4.69) is 20.4 Å². The van der Waals surface area contributed by atoms with E-state index in [0.717, 1.165) is 22.9 Å². The molecule has 0 saturated heterocycles. The molecule has 2 unspecified atom stereocenters. The summed E-state index contributed by atoms with van der Waals surface area (Å²) < 4.78 is 109. The molecule has 0 bridgehead atoms. The number of hydrogen-bond acceptors (Lipinski definition) is 7. The zero-order valence-electron chi connectivity index (χ0n) is 20.4. The van der Waals surface area contributed by atoms with Gasteiger partial charge in [-0.25, -0.2) is 23.8 Å². The van der Waals surface area contributed by atoms with Crippen LogP contribution in [-0.4, -0.2) is 48.7 Å². The molecule has 218 valence electrons. The quantitative estimate of drug-likeness (QED) is 0.266. The molecule has 0 radical (unpaired) electrons. The molecule has 2 atom stereocenters. The van der Waals surface area contributed by atoms with Crippen LogP contribution in [0.5, 0.6) is 0 Å². The number of benzene rings is 1. The van der Waals surface area contributed by atoms with Crippen molar-refractivity contribution in [1.29, 1.82) is 0 Å². The lowest BCUT2D eigenvalue weighted by Crippen LogP contribution is -2.33. The van der Waals surface area contributed by atoms with E-state index in [1.54, 1.807) is 5.10 Å². The number of halogens is 8. The van der Waals surface area contributed by atoms with Crippen molar-refractivity contribution >= 4 is 16.5 Å². The highest BCUT2D eigenvalue weighted by Crippen LogP contribution is 2.32. The predicted octanol–water partition coefficient (Wildman–Crippen LogP) is 3.92. The van der Waals surface area contributed by atoms with Gasteiger partial charge in [-0.2, -0.15) is 31.4 Å². The average molecular weight is 590 g/mol. The maximum atomic E-state index is 14.9. The van der Waals surface area contributed by atoms with Gasteiger partial charge in [-0.3, -0.25) is 9.59 Å². The minimum absolute atomic E-state index is 0.151. The van der Waals surface area contributed by atoms with Gasteiger partial charge in [0.25, 0.3) is 11.1 Å². The van der Waals surface area contributed by atoms with E-state index >= 15 is 0 Å². The summed E-state index contributed by atoms with van der Waals surface area (Å²) in [6.07, 6.45) is -9.47. The highest BCUT2D eigenvalue weighted by atomic mass is 19.4. The van der Waals surface area contributed by atoms with Crippen molar-refractivity contribution in [2.75, 3.05) is 11.9 Å². The maximum absolute atomic E-state index is 14.9. The van der Waals surface area contributed by atoms with Crippen molar-refractivity contribution < 1.29 is 40.2 Å². The molecule has 0 aliphatic carbocycles. The highest BCUT2D eigenvalue weighted by Gasteiger charge is 2.38. The number of rotatable bonds is 8. The smallest absolute Gasteiger partial charge is 0.394 e. The molecule has 0 saturated carbocycles. The molecule has 0 aliphatic heterocycles. The van der Waals surface area contributed by atoms with Gasteiger partial charge in [0.15, 0.2) is 5.82 Å². The summed E-state index contributed by atoms with van der Waals surface area (Å²) in [6, 6.07) is 1.95. The number of anilines is 1. The van der Waals surface area contributed by atoms with Gasteiger partial charge in [0, 0.05) is 25.0 Å². The Morgan fingerprint density at radius 2 is 1.71 bits per heavy atom. The fourth-order valence-electron chi connectivity index (χ4n) is 4.02. The van der Waals surface area contributed by atoms with E-state index in [9.17, 15) is 49.8 Å². The molecule has 3 N–H and O–H groups in total. The van der Waals surface area contributed by atoms with Crippen LogP contribution in [0.4, 0.5) is 40.8 Å². The number of alkyl halides is 7. The van der Waals surface area contributed by atoms with Crippen molar-refractivity contribution in [3.8, 4) is 11.4 Å². The number of nitrogens with zero attached hydrogens (tertiary/aromatic N) is 4. The lowest BCUT2D eigenvalue weighted by Gasteiger charge is -2.22. The van der Waals surface area contributed by atoms with Crippen molar-refractivity contribution in [3.05, 3.63) is 80.6 Å². The number of pyridine rings is 1. The van der Waals surface area contributed by atoms with Crippen molar-refractivity contribution in [2.24, 2.45) is 0 Å². The third kappa shape index (κ3) is 6.50. The predicted molar refractivity (Wildman–Crippen MR) is 128 cm³/mol. The number of aromatic nitrogens is 5. The van der Waals surface area contributed by atoms with E-state index in [-0.39, 0.29) is 22.2 Å². The van der Waals surface area contributed by atoms with Crippen molar-refractivity contribution in [1.82, 2.24) is 24.7 Å². The van der Waals surface area contributed by atoms with E-state index in [1.807, 2.05) is 0 Å². The monoisotopic (exact) mass is 590 g/mol. The number of aliphatic hydroxyl groups is 1. The number of aromatic amines is 1. The van der Waals surface area contributed by atoms with Gasteiger partial charge in [-0.05, 0) is 23.6 Å². The summed E-state index contributed by atoms with van der Waals surface area (Å²) in [4.78, 5) is 31.6. The van der Waals surface area contributed by atoms with Gasteiger partial charge in [-0.15, -0.1) is 0 Å². The van der Waals surface area contributed by atoms with Gasteiger partial charge in [0.05, 0.1) is 47.6 Å². The molecule has 0 aliphatic rings. The second-order valence-electron chi connectivity index (χ2n) is 8.83. The fraction of sp³-hybridized carbons (Fsp3) is 0.292. The number of nitrogens with one attached hydrogen (secondary N) is 2. The van der Waals surface area contributed by atoms with Crippen LogP contribution in [0.15, 0.2) is 52.6 Å². The number of fused-ring (bicyclic) bond motifs is 1. The first kappa shape index (κ1) is 29.6. The van der Waals surface area contributed by atoms with Crippen LogP contribution in [0, 0.1) is 5.82 Å². The zero-order valence-corrected chi connectivity index (χ0v) is 20.4. The topological polar surface area (TPSA) is 126 Å². The van der Waals surface area contributed by atoms with Crippen LogP contribution < -0.4 is 16.4 Å². The lowest BCUT2D eigenvalue weighted by molar-refractivity contribution is -0.139. The number of hydrogen-bond donors (Lipinski definition) is 3. The summed E-state index contributed by atoms with van der Waals surface area (Å²) >= 11 is 0. The van der Waals surface area contributed by atoms with Gasteiger partial charge in [-0.1, -0.05) is 0 Å². The molecule has 41 heavy (non-hydrogen) atoms. The van der Waals surface area contributed by atoms with Crippen LogP contribution in [0.25, 0.3) is 22.2 Å². The molecular weight excluding hydrogens is 572 g/mol. The van der Waals surface area contributed by atoms with E-state index in [1.165, 1.54) is 6.07 Å². The summed E-state index contributed by atoms with van der Waals surface area (Å²) in [6.45, 7) is -1.46. The number of H-pyrrole nitrogens is 1. The summed E-state index contributed by atoms with van der Waals surface area (Å²) in [5.74, 6) is -1.39. The van der Waals surface area contributed by atoms with Crippen molar-refractivity contribution in [3.63, 3.8) is 0 Å². The Labute approximate surface area is 223 Å². The van der Waals surface area contributed by atoms with E-state index in [4.69, 9.17) is 0 Å².